The van der Waals surface area contributed by atoms with Crippen molar-refractivity contribution in [1.82, 2.24) is 0 Å². The van der Waals surface area contributed by atoms with E-state index in [1.54, 1.807) is 0 Å². The van der Waals surface area contributed by atoms with Crippen molar-refractivity contribution in [1.29, 1.82) is 0 Å². The van der Waals surface area contributed by atoms with Gasteiger partial charge in [-0.05, 0) is 0 Å². The minimum absolute atomic E-state index is 2.67. The van der Waals surface area contributed by atoms with Gasteiger partial charge < -0.3 is 24.7 Å². The van der Waals surface area contributed by atoms with Gasteiger partial charge in [0.25, 0.3) is 0 Å². The molecule has 0 bridgehead atoms. The molecule has 9 heavy (non-hydrogen) atoms. The molecular formula is H5BFO6P. The topological polar surface area (TPSA) is 118 Å². The maximum Gasteiger partial charge on any atom is 0.674 e. The Morgan fingerprint density at radius 1 is 1.22 bits per heavy atom. The molecule has 5 N–H and O–H groups in total. The van der Waals surface area contributed by atoms with E-state index in [1.807, 2.05) is 0 Å². The first-order valence-electron chi connectivity index (χ1n) is 1.52. The molecular weight excluding hydrogens is 157 g/mol. The van der Waals surface area contributed by atoms with Gasteiger partial charge in [-0.2, -0.15) is 0 Å². The summed E-state index contributed by atoms with van der Waals surface area (Å²) in [7, 11) is -7.31. The van der Waals surface area contributed by atoms with Crippen molar-refractivity contribution in [2.45, 2.75) is 0 Å². The van der Waals surface area contributed by atoms with Crippen LogP contribution in [0.15, 0.2) is 0 Å². The number of hydrogen-bond donors (Lipinski definition) is 5. The van der Waals surface area contributed by atoms with Gasteiger partial charge in [-0.3, -0.25) is 4.32 Å². The van der Waals surface area contributed by atoms with Crippen molar-refractivity contribution in [3.8, 4) is 0 Å². The molecule has 9 heteroatoms. The minimum atomic E-state index is -4.64. The standard InChI is InChI=1S/BFH2O2.H3O4P/c2-1(3)4;1-5(2,3)4/h3-4H;(H3,1,2,3,4). The summed E-state index contributed by atoms with van der Waals surface area (Å²) in [6.07, 6.45) is 0. The smallest absolute Gasteiger partial charge is 0.398 e. The van der Waals surface area contributed by atoms with E-state index in [0.29, 0.717) is 0 Å². The molecule has 0 unspecified atom stereocenters. The van der Waals surface area contributed by atoms with Crippen LogP contribution in [0.2, 0.25) is 0 Å². The molecule has 6 nitrogen and oxygen atoms in total. The fourth-order valence-electron chi connectivity index (χ4n) is 0. The summed E-state index contributed by atoms with van der Waals surface area (Å²) in [5, 5.41) is 13.9. The second kappa shape index (κ2) is 4.86. The highest BCUT2D eigenvalue weighted by Gasteiger charge is 2.00. The van der Waals surface area contributed by atoms with Crippen LogP contribution >= 0.6 is 7.82 Å². The molecule has 0 aliphatic carbocycles. The van der Waals surface area contributed by atoms with Crippen molar-refractivity contribution in [3.63, 3.8) is 0 Å². The molecule has 0 fully saturated rings. The van der Waals surface area contributed by atoms with Gasteiger partial charge in [-0.15, -0.1) is 0 Å². The van der Waals surface area contributed by atoms with E-state index in [2.05, 4.69) is 0 Å². The molecule has 0 heterocycles. The Morgan fingerprint density at radius 2 is 1.22 bits per heavy atom. The highest BCUT2D eigenvalue weighted by Crippen LogP contribution is 2.25. The normalized spacial score (nSPS) is 9.56. The van der Waals surface area contributed by atoms with Crippen LogP contribution in [0, 0.1) is 0 Å². The van der Waals surface area contributed by atoms with Gasteiger partial charge in [0, 0.05) is 0 Å². The average molecular weight is 162 g/mol. The van der Waals surface area contributed by atoms with Crippen LogP contribution in [0.3, 0.4) is 0 Å². The molecule has 0 radical (unpaired) electrons. The van der Waals surface area contributed by atoms with Crippen molar-refractivity contribution < 1.29 is 33.6 Å². The van der Waals surface area contributed by atoms with E-state index in [9.17, 15) is 4.32 Å². The lowest BCUT2D eigenvalue weighted by molar-refractivity contribution is 0.275. The molecule has 0 aromatic heterocycles. The third kappa shape index (κ3) is 469000. The fourth-order valence-corrected chi connectivity index (χ4v) is 0. The second-order valence-electron chi connectivity index (χ2n) is 0.824. The number of phosphoric acid groups is 1. The summed E-state index contributed by atoms with van der Waals surface area (Å²) in [5.74, 6) is 0. The zero-order valence-electron chi connectivity index (χ0n) is 4.05. The van der Waals surface area contributed by atoms with Crippen molar-refractivity contribution >= 4 is 15.2 Å². The Morgan fingerprint density at radius 3 is 1.22 bits per heavy atom. The van der Waals surface area contributed by atoms with E-state index in [4.69, 9.17) is 29.3 Å². The van der Waals surface area contributed by atoms with E-state index in [0.717, 1.165) is 0 Å². The number of hydrogen-bond acceptors (Lipinski definition) is 3. The van der Waals surface area contributed by atoms with Gasteiger partial charge in [0.2, 0.25) is 0 Å². The summed E-state index contributed by atoms with van der Waals surface area (Å²) in [6, 6.07) is 0. The predicted molar refractivity (Wildman–Crippen MR) is 25.6 cm³/mol. The molecule has 0 spiro atoms. The van der Waals surface area contributed by atoms with Gasteiger partial charge in [-0.1, -0.05) is 0 Å². The second-order valence-corrected chi connectivity index (χ2v) is 1.85. The Balaban J connectivity index is 0. The van der Waals surface area contributed by atoms with Crippen molar-refractivity contribution in [3.05, 3.63) is 0 Å². The van der Waals surface area contributed by atoms with Gasteiger partial charge in [-0.25, -0.2) is 4.57 Å². The molecule has 0 rings (SSSR count). The van der Waals surface area contributed by atoms with Crippen LogP contribution in [0.25, 0.3) is 0 Å². The fraction of sp³-hybridized carbons (Fsp3) is 0. The minimum Gasteiger partial charge on any atom is -0.398 e. The first-order valence-corrected chi connectivity index (χ1v) is 3.08. The van der Waals surface area contributed by atoms with Gasteiger partial charge in [0.05, 0.1) is 0 Å². The lowest BCUT2D eigenvalue weighted by Gasteiger charge is -1.82. The summed E-state index contributed by atoms with van der Waals surface area (Å²) in [4.78, 5) is 21.6. The zero-order valence-corrected chi connectivity index (χ0v) is 4.94. The SMILES string of the molecule is O=P(O)(O)O.OB(O)F. The summed E-state index contributed by atoms with van der Waals surface area (Å²) < 4.78 is 19.0. The van der Waals surface area contributed by atoms with E-state index in [-0.39, 0.29) is 0 Å². The Kier molecular flexibility index (Phi) is 6.36. The first kappa shape index (κ1) is 11.8. The van der Waals surface area contributed by atoms with Gasteiger partial charge >= 0.3 is 15.2 Å². The number of halogens is 1. The van der Waals surface area contributed by atoms with Crippen LogP contribution in [0.4, 0.5) is 4.32 Å². The van der Waals surface area contributed by atoms with E-state index < -0.39 is 15.2 Å². The monoisotopic (exact) mass is 162 g/mol. The van der Waals surface area contributed by atoms with Crippen LogP contribution in [0.1, 0.15) is 0 Å². The van der Waals surface area contributed by atoms with Gasteiger partial charge in [0.15, 0.2) is 0 Å². The summed E-state index contributed by atoms with van der Waals surface area (Å²) in [6.45, 7) is 0. The highest BCUT2D eigenvalue weighted by molar-refractivity contribution is 7.45. The molecule has 0 aliphatic rings. The van der Waals surface area contributed by atoms with Crippen molar-refractivity contribution in [2.75, 3.05) is 0 Å². The molecule has 0 saturated carbocycles. The molecule has 0 aliphatic heterocycles. The summed E-state index contributed by atoms with van der Waals surface area (Å²) in [5.41, 5.74) is 0. The Hall–Kier alpha value is 0.0249. The third-order valence-electron chi connectivity index (χ3n) is 0. The maximum atomic E-state index is 10.1. The third-order valence-corrected chi connectivity index (χ3v) is 0. The molecule has 0 amide bonds. The Labute approximate surface area is 50.0 Å². The predicted octanol–water partition coefficient (Wildman–Crippen LogP) is -2.00. The largest absolute Gasteiger partial charge is 0.674 e. The van der Waals surface area contributed by atoms with E-state index >= 15 is 0 Å². The molecule has 0 atom stereocenters. The lowest BCUT2D eigenvalue weighted by Crippen LogP contribution is -1.98. The van der Waals surface area contributed by atoms with Crippen LogP contribution in [-0.2, 0) is 4.57 Å². The zero-order chi connectivity index (χ0) is 8.08. The van der Waals surface area contributed by atoms with Crippen LogP contribution in [0.5, 0.6) is 0 Å². The molecule has 56 valence electrons. The quantitative estimate of drug-likeness (QED) is 0.207. The summed E-state index contributed by atoms with van der Waals surface area (Å²) >= 11 is 0. The first-order chi connectivity index (χ1) is 3.73. The molecule has 0 aromatic rings. The molecule has 0 aromatic carbocycles. The number of rotatable bonds is 0. The average Bonchev–Trinajstić information content (AvgIpc) is 1.19. The molecule has 0 saturated heterocycles. The van der Waals surface area contributed by atoms with Gasteiger partial charge in [0.1, 0.15) is 0 Å². The maximum absolute atomic E-state index is 10.1. The van der Waals surface area contributed by atoms with E-state index in [1.165, 1.54) is 0 Å². The van der Waals surface area contributed by atoms with Crippen LogP contribution in [-0.4, -0.2) is 32.1 Å². The van der Waals surface area contributed by atoms with Crippen LogP contribution < -0.4 is 0 Å². The highest BCUT2D eigenvalue weighted by atomic mass is 31.2. The Bertz CT molecular complexity index is 84.2. The lowest BCUT2D eigenvalue weighted by atomic mass is 10.3. The van der Waals surface area contributed by atoms with Crippen molar-refractivity contribution in [2.24, 2.45) is 0 Å².